The molecular formula is C16H22N4. The second kappa shape index (κ2) is 6.46. The van der Waals surface area contributed by atoms with Crippen LogP contribution in [0.15, 0.2) is 24.4 Å². The zero-order chi connectivity index (χ0) is 14.5. The summed E-state index contributed by atoms with van der Waals surface area (Å²) in [7, 11) is 0. The second-order valence-corrected chi connectivity index (χ2v) is 5.23. The molecule has 0 saturated heterocycles. The number of aryl methyl sites for hydroxylation is 2. The van der Waals surface area contributed by atoms with Crippen LogP contribution in [-0.2, 0) is 13.0 Å². The molecule has 0 unspecified atom stereocenters. The van der Waals surface area contributed by atoms with Gasteiger partial charge in [0.25, 0.3) is 0 Å². The van der Waals surface area contributed by atoms with Gasteiger partial charge in [-0.15, -0.1) is 0 Å². The lowest BCUT2D eigenvalue weighted by Crippen LogP contribution is -2.09. The van der Waals surface area contributed by atoms with E-state index < -0.39 is 0 Å². The SMILES string of the molecule is CCc1cccnc1CNc1nc(C)cc(C(C)C)n1. The highest BCUT2D eigenvalue weighted by Crippen LogP contribution is 2.15. The van der Waals surface area contributed by atoms with Crippen LogP contribution in [0.1, 0.15) is 49.3 Å². The molecule has 4 heteroatoms. The van der Waals surface area contributed by atoms with Crippen molar-refractivity contribution in [3.63, 3.8) is 0 Å². The van der Waals surface area contributed by atoms with E-state index in [-0.39, 0.29) is 0 Å². The molecule has 2 aromatic rings. The highest BCUT2D eigenvalue weighted by atomic mass is 15.1. The van der Waals surface area contributed by atoms with Gasteiger partial charge in [0.1, 0.15) is 0 Å². The number of rotatable bonds is 5. The topological polar surface area (TPSA) is 50.7 Å². The summed E-state index contributed by atoms with van der Waals surface area (Å²) < 4.78 is 0. The van der Waals surface area contributed by atoms with Crippen LogP contribution in [-0.4, -0.2) is 15.0 Å². The van der Waals surface area contributed by atoms with Gasteiger partial charge in [-0.25, -0.2) is 9.97 Å². The minimum absolute atomic E-state index is 0.401. The maximum atomic E-state index is 4.55. The molecule has 0 aliphatic rings. The minimum Gasteiger partial charge on any atom is -0.349 e. The first kappa shape index (κ1) is 14.4. The average Bonchev–Trinajstić information content (AvgIpc) is 2.44. The van der Waals surface area contributed by atoms with Gasteiger partial charge < -0.3 is 5.32 Å². The molecule has 2 aromatic heterocycles. The van der Waals surface area contributed by atoms with Crippen molar-refractivity contribution >= 4 is 5.95 Å². The van der Waals surface area contributed by atoms with Crippen molar-refractivity contribution in [1.82, 2.24) is 15.0 Å². The minimum atomic E-state index is 0.401. The van der Waals surface area contributed by atoms with Crippen molar-refractivity contribution in [2.45, 2.75) is 46.6 Å². The molecule has 0 amide bonds. The Hall–Kier alpha value is -1.97. The molecule has 0 spiro atoms. The van der Waals surface area contributed by atoms with Crippen LogP contribution in [0.4, 0.5) is 5.95 Å². The van der Waals surface area contributed by atoms with Crippen LogP contribution in [0, 0.1) is 6.92 Å². The van der Waals surface area contributed by atoms with Gasteiger partial charge in [-0.05, 0) is 37.0 Å². The summed E-state index contributed by atoms with van der Waals surface area (Å²) in [6.45, 7) is 9.07. The standard InChI is InChI=1S/C16H22N4/c1-5-13-7-6-8-17-15(13)10-18-16-19-12(4)9-14(20-16)11(2)3/h6-9,11H,5,10H2,1-4H3,(H,18,19,20). The number of nitrogens with one attached hydrogen (secondary N) is 1. The predicted molar refractivity (Wildman–Crippen MR) is 81.8 cm³/mol. The van der Waals surface area contributed by atoms with Crippen LogP contribution < -0.4 is 5.32 Å². The third-order valence-electron chi connectivity index (χ3n) is 3.24. The highest BCUT2D eigenvalue weighted by Gasteiger charge is 2.07. The van der Waals surface area contributed by atoms with Gasteiger partial charge in [0.2, 0.25) is 5.95 Å². The molecule has 0 aromatic carbocycles. The van der Waals surface area contributed by atoms with Crippen molar-refractivity contribution in [2.75, 3.05) is 5.32 Å². The smallest absolute Gasteiger partial charge is 0.223 e. The van der Waals surface area contributed by atoms with E-state index in [1.807, 2.05) is 25.3 Å². The van der Waals surface area contributed by atoms with E-state index in [2.05, 4.69) is 47.1 Å². The number of hydrogen-bond donors (Lipinski definition) is 1. The molecule has 1 N–H and O–H groups in total. The summed E-state index contributed by atoms with van der Waals surface area (Å²) in [6, 6.07) is 6.12. The zero-order valence-corrected chi connectivity index (χ0v) is 12.6. The Kier molecular flexibility index (Phi) is 4.66. The molecule has 0 aliphatic heterocycles. The van der Waals surface area contributed by atoms with Gasteiger partial charge in [-0.3, -0.25) is 4.98 Å². The molecule has 4 nitrogen and oxygen atoms in total. The molecule has 0 bridgehead atoms. The first-order chi connectivity index (χ1) is 9.60. The molecule has 2 heterocycles. The van der Waals surface area contributed by atoms with Gasteiger partial charge in [0.15, 0.2) is 0 Å². The van der Waals surface area contributed by atoms with Crippen LogP contribution in [0.5, 0.6) is 0 Å². The Morgan fingerprint density at radius 2 is 2.05 bits per heavy atom. The Morgan fingerprint density at radius 1 is 1.25 bits per heavy atom. The molecular weight excluding hydrogens is 248 g/mol. The van der Waals surface area contributed by atoms with E-state index in [0.717, 1.165) is 23.5 Å². The van der Waals surface area contributed by atoms with Crippen LogP contribution in [0.25, 0.3) is 0 Å². The van der Waals surface area contributed by atoms with E-state index in [0.29, 0.717) is 18.4 Å². The number of aromatic nitrogens is 3. The number of hydrogen-bond acceptors (Lipinski definition) is 4. The summed E-state index contributed by atoms with van der Waals surface area (Å²) in [5.41, 5.74) is 4.38. The van der Waals surface area contributed by atoms with E-state index in [9.17, 15) is 0 Å². The fourth-order valence-corrected chi connectivity index (χ4v) is 2.08. The Morgan fingerprint density at radius 3 is 2.75 bits per heavy atom. The van der Waals surface area contributed by atoms with Crippen LogP contribution in [0.3, 0.4) is 0 Å². The molecule has 0 fully saturated rings. The third-order valence-corrected chi connectivity index (χ3v) is 3.24. The quantitative estimate of drug-likeness (QED) is 0.903. The van der Waals surface area contributed by atoms with Gasteiger partial charge in [-0.1, -0.05) is 26.8 Å². The fourth-order valence-electron chi connectivity index (χ4n) is 2.08. The van der Waals surface area contributed by atoms with Gasteiger partial charge in [0.05, 0.1) is 12.2 Å². The fraction of sp³-hybridized carbons (Fsp3) is 0.438. The van der Waals surface area contributed by atoms with Crippen molar-refractivity contribution in [2.24, 2.45) is 0 Å². The summed E-state index contributed by atoms with van der Waals surface area (Å²) >= 11 is 0. The maximum absolute atomic E-state index is 4.55. The molecule has 0 atom stereocenters. The number of pyridine rings is 1. The van der Waals surface area contributed by atoms with E-state index >= 15 is 0 Å². The molecule has 0 saturated carbocycles. The largest absolute Gasteiger partial charge is 0.349 e. The molecule has 106 valence electrons. The van der Waals surface area contributed by atoms with Gasteiger partial charge in [0, 0.05) is 17.6 Å². The van der Waals surface area contributed by atoms with Crippen LogP contribution >= 0.6 is 0 Å². The normalized spacial score (nSPS) is 10.8. The van der Waals surface area contributed by atoms with Crippen molar-refractivity contribution in [1.29, 1.82) is 0 Å². The van der Waals surface area contributed by atoms with Gasteiger partial charge in [-0.2, -0.15) is 0 Å². The van der Waals surface area contributed by atoms with Crippen molar-refractivity contribution in [3.05, 3.63) is 47.0 Å². The summed E-state index contributed by atoms with van der Waals surface area (Å²) in [5.74, 6) is 1.08. The average molecular weight is 270 g/mol. The molecule has 2 rings (SSSR count). The zero-order valence-electron chi connectivity index (χ0n) is 12.6. The van der Waals surface area contributed by atoms with E-state index in [1.165, 1.54) is 5.56 Å². The first-order valence-electron chi connectivity index (χ1n) is 7.12. The van der Waals surface area contributed by atoms with E-state index in [4.69, 9.17) is 0 Å². The lowest BCUT2D eigenvalue weighted by Gasteiger charge is -2.11. The number of anilines is 1. The molecule has 20 heavy (non-hydrogen) atoms. The third kappa shape index (κ3) is 3.53. The van der Waals surface area contributed by atoms with Crippen molar-refractivity contribution < 1.29 is 0 Å². The number of nitrogens with zero attached hydrogens (tertiary/aromatic N) is 3. The summed E-state index contributed by atoms with van der Waals surface area (Å²) in [5, 5.41) is 3.29. The lowest BCUT2D eigenvalue weighted by molar-refractivity contribution is 0.807. The molecule has 0 aliphatic carbocycles. The van der Waals surface area contributed by atoms with Crippen LogP contribution in [0.2, 0.25) is 0 Å². The monoisotopic (exact) mass is 270 g/mol. The highest BCUT2D eigenvalue weighted by molar-refractivity contribution is 5.31. The predicted octanol–water partition coefficient (Wildman–Crippen LogP) is 3.48. The Balaban J connectivity index is 2.14. The summed E-state index contributed by atoms with van der Waals surface area (Å²) in [6.07, 6.45) is 2.81. The maximum Gasteiger partial charge on any atom is 0.223 e. The summed E-state index contributed by atoms with van der Waals surface area (Å²) in [4.78, 5) is 13.4. The Bertz CT molecular complexity index is 578. The lowest BCUT2D eigenvalue weighted by atomic mass is 10.1. The second-order valence-electron chi connectivity index (χ2n) is 5.23. The van der Waals surface area contributed by atoms with Gasteiger partial charge >= 0.3 is 0 Å². The van der Waals surface area contributed by atoms with Crippen molar-refractivity contribution in [3.8, 4) is 0 Å². The first-order valence-corrected chi connectivity index (χ1v) is 7.12. The van der Waals surface area contributed by atoms with E-state index in [1.54, 1.807) is 0 Å². The Labute approximate surface area is 120 Å². The molecule has 0 radical (unpaired) electrons.